The van der Waals surface area contributed by atoms with Crippen LogP contribution >= 0.6 is 72.8 Å². The van der Waals surface area contributed by atoms with Gasteiger partial charge in [-0.2, -0.15) is 0 Å². The van der Waals surface area contributed by atoms with Crippen molar-refractivity contribution in [3.8, 4) is 5.75 Å². The van der Waals surface area contributed by atoms with Gasteiger partial charge in [-0.25, -0.2) is 19.9 Å². The van der Waals surface area contributed by atoms with Gasteiger partial charge in [-0.05, 0) is 80.3 Å². The van der Waals surface area contributed by atoms with Crippen molar-refractivity contribution in [2.45, 2.75) is 64.4 Å². The molecule has 4 rings (SSSR count). The van der Waals surface area contributed by atoms with E-state index >= 15 is 0 Å². The first-order valence-electron chi connectivity index (χ1n) is 20.2. The predicted octanol–water partition coefficient (Wildman–Crippen LogP) is 3.16. The number of aryl methyl sites for hydroxylation is 2. The Hall–Kier alpha value is -6.08. The number of rotatable bonds is 20. The van der Waals surface area contributed by atoms with Gasteiger partial charge in [0.1, 0.15) is 18.5 Å². The summed E-state index contributed by atoms with van der Waals surface area (Å²) in [6, 6.07) is 15.3. The first-order valence-corrected chi connectivity index (χ1v) is 20.9. The number of aliphatic imine (C=N–C) groups is 3. The monoisotopic (exact) mass is 1080 g/mol. The van der Waals surface area contributed by atoms with Crippen molar-refractivity contribution < 1.29 is 24.2 Å². The molecule has 0 bridgehead atoms. The Morgan fingerprint density at radius 2 is 1.09 bits per heavy atom. The predicted molar refractivity (Wildman–Crippen MR) is 283 cm³/mol. The molecule has 3 amide bonds. The van der Waals surface area contributed by atoms with Crippen molar-refractivity contribution in [1.29, 1.82) is 0 Å². The van der Waals surface area contributed by atoms with Crippen LogP contribution in [0.2, 0.25) is 10.3 Å². The number of nitrogens with zero attached hydrogens (tertiary/aromatic N) is 7. The maximum Gasteiger partial charge on any atom is 0.280 e. The average molecular weight is 1090 g/mol. The third kappa shape index (κ3) is 24.7. The lowest BCUT2D eigenvalue weighted by Crippen LogP contribution is -2.38. The summed E-state index contributed by atoms with van der Waals surface area (Å²) in [6.45, 7) is 2.99. The van der Waals surface area contributed by atoms with Crippen LogP contribution in [-0.2, 0) is 17.6 Å². The normalized spacial score (nSPS) is 11.0. The highest BCUT2D eigenvalue weighted by Gasteiger charge is 2.18. The first kappa shape index (κ1) is 65.0. The Balaban J connectivity index is 0. The number of nitrogen functional groups attached to an aromatic ring is 4. The molecule has 0 aliphatic rings. The van der Waals surface area contributed by atoms with Crippen molar-refractivity contribution in [2.24, 2.45) is 37.9 Å². The standard InChI is InChI=1S/C20H29ClN10O3.C20H27ClN8O2.4ClH/c21-15-17(23)30-16(22)14(29-15)18(33)31-20(26)27-8-2-1-3-11-4-6-13(7-5-11)34-10-12(32)9-28-19(24)25;1-2-5-14(30)26-13-9-7-12(8-10-13)6-3-4-11-25-20(24)29-19(31)15-17(22)28-18(23)16(21)27-15;;;;/h4-7,12,32H,1-3,8-10H2,(H4,22,23,30)(H4,24,25,28)(H3,26,27,31,33);7-10H,2-6,11H2,1H3,(H,26,30)(H4,22,23,28)(H3,24,25,29,31);4*1H. The van der Waals surface area contributed by atoms with Crippen LogP contribution in [0.5, 0.6) is 5.75 Å². The number of nitrogens with one attached hydrogen (secondary N) is 3. The molecule has 0 fully saturated rings. The number of nitrogens with two attached hydrogens (primary N) is 8. The summed E-state index contributed by atoms with van der Waals surface area (Å²) < 4.78 is 5.51. The number of aliphatic hydroxyl groups excluding tert-OH is 1. The second-order valence-electron chi connectivity index (χ2n) is 14.0. The molecule has 23 nitrogen and oxygen atoms in total. The minimum absolute atomic E-state index is 0. The molecule has 1 atom stereocenters. The van der Waals surface area contributed by atoms with Gasteiger partial charge in [0.05, 0.1) is 6.54 Å². The van der Waals surface area contributed by atoms with Crippen LogP contribution in [0.25, 0.3) is 0 Å². The molecule has 382 valence electrons. The average Bonchev–Trinajstić information content (AvgIpc) is 3.25. The Morgan fingerprint density at radius 3 is 1.51 bits per heavy atom. The van der Waals surface area contributed by atoms with Gasteiger partial charge in [0, 0.05) is 25.2 Å². The van der Waals surface area contributed by atoms with Gasteiger partial charge < -0.3 is 61.0 Å². The molecule has 29 heteroatoms. The number of ether oxygens (including phenoxy) is 1. The van der Waals surface area contributed by atoms with Crippen molar-refractivity contribution in [1.82, 2.24) is 30.6 Å². The summed E-state index contributed by atoms with van der Waals surface area (Å²) in [7, 11) is 0. The Kier molecular flexibility index (Phi) is 32.3. The molecular formula is C40H60Cl6N18O5. The number of halogens is 6. The van der Waals surface area contributed by atoms with Crippen molar-refractivity contribution in [3.63, 3.8) is 0 Å². The van der Waals surface area contributed by atoms with E-state index in [1.807, 2.05) is 55.5 Å². The number of anilines is 5. The molecule has 2 aromatic heterocycles. The van der Waals surface area contributed by atoms with E-state index in [0.29, 0.717) is 25.3 Å². The second kappa shape index (κ2) is 34.2. The molecule has 0 aliphatic heterocycles. The minimum atomic E-state index is -0.797. The van der Waals surface area contributed by atoms with E-state index in [-0.39, 0.29) is 132 Å². The van der Waals surface area contributed by atoms with E-state index in [1.165, 1.54) is 0 Å². The lowest BCUT2D eigenvalue weighted by molar-refractivity contribution is -0.116. The fraction of sp³-hybridized carbons (Fsp3) is 0.350. The van der Waals surface area contributed by atoms with Crippen molar-refractivity contribution in [2.75, 3.05) is 54.5 Å². The third-order valence-corrected chi connectivity index (χ3v) is 9.16. The fourth-order valence-corrected chi connectivity index (χ4v) is 5.60. The number of benzene rings is 2. The zero-order valence-electron chi connectivity index (χ0n) is 37.4. The van der Waals surface area contributed by atoms with Crippen molar-refractivity contribution in [3.05, 3.63) is 81.4 Å². The smallest absolute Gasteiger partial charge is 0.280 e. The minimum Gasteiger partial charge on any atom is -0.491 e. The summed E-state index contributed by atoms with van der Waals surface area (Å²) in [5, 5.41) is 17.1. The molecule has 2 heterocycles. The number of unbranched alkanes of at least 4 members (excludes halogenated alkanes) is 2. The van der Waals surface area contributed by atoms with E-state index in [2.05, 4.69) is 50.9 Å². The molecule has 0 radical (unpaired) electrons. The number of amides is 3. The Bertz CT molecular complexity index is 2310. The van der Waals surface area contributed by atoms with E-state index in [4.69, 9.17) is 73.8 Å². The Morgan fingerprint density at radius 1 is 0.652 bits per heavy atom. The SMILES string of the molecule is CCCC(=O)Nc1ccc(CCCCN=C(N)NC(=O)c2nc(Cl)c(N)nc2N)cc1.Cl.Cl.Cl.Cl.NC(N)=NCC(O)COc1ccc(CCCCN=C(N)NC(=O)c2nc(Cl)c(N)nc2N)cc1. The maximum absolute atomic E-state index is 12.2. The Labute approximate surface area is 433 Å². The topological polar surface area (TPSA) is 414 Å². The van der Waals surface area contributed by atoms with Gasteiger partial charge >= 0.3 is 0 Å². The second-order valence-corrected chi connectivity index (χ2v) is 14.7. The van der Waals surface area contributed by atoms with E-state index in [1.54, 1.807) is 0 Å². The largest absolute Gasteiger partial charge is 0.491 e. The number of hydrogen-bond donors (Lipinski definition) is 12. The molecule has 1 unspecified atom stereocenters. The van der Waals surface area contributed by atoms with Crippen LogP contribution in [-0.4, -0.2) is 93.0 Å². The molecule has 69 heavy (non-hydrogen) atoms. The number of carbonyl (C=O) groups is 3. The van der Waals surface area contributed by atoms with Crippen LogP contribution in [0.3, 0.4) is 0 Å². The zero-order chi connectivity index (χ0) is 47.9. The highest BCUT2D eigenvalue weighted by molar-refractivity contribution is 6.32. The highest BCUT2D eigenvalue weighted by Crippen LogP contribution is 2.19. The molecule has 2 aromatic carbocycles. The number of guanidine groups is 3. The fourth-order valence-electron chi connectivity index (χ4n) is 5.34. The van der Waals surface area contributed by atoms with Gasteiger partial charge in [0.2, 0.25) is 5.91 Å². The first-order chi connectivity index (χ1) is 30.9. The van der Waals surface area contributed by atoms with E-state index < -0.39 is 17.9 Å². The molecule has 0 spiro atoms. The molecule has 20 N–H and O–H groups in total. The quantitative estimate of drug-likeness (QED) is 0.0343. The zero-order valence-corrected chi connectivity index (χ0v) is 42.2. The lowest BCUT2D eigenvalue weighted by Gasteiger charge is -2.11. The third-order valence-electron chi connectivity index (χ3n) is 8.60. The van der Waals surface area contributed by atoms with Crippen LogP contribution in [0.1, 0.15) is 77.6 Å². The summed E-state index contributed by atoms with van der Waals surface area (Å²) in [5.74, 6) is -1.34. The van der Waals surface area contributed by atoms with Crippen LogP contribution in [0.15, 0.2) is 63.5 Å². The van der Waals surface area contributed by atoms with Gasteiger partial charge in [-0.1, -0.05) is 54.4 Å². The van der Waals surface area contributed by atoms with Gasteiger partial charge in [-0.3, -0.25) is 40.0 Å². The van der Waals surface area contributed by atoms with E-state index in [0.717, 1.165) is 61.8 Å². The summed E-state index contributed by atoms with van der Waals surface area (Å²) in [5.41, 5.74) is 46.9. The van der Waals surface area contributed by atoms with Crippen LogP contribution in [0.4, 0.5) is 29.0 Å². The number of hydrogen-bond acceptors (Lipinski definition) is 16. The number of aliphatic hydroxyl groups is 1. The summed E-state index contributed by atoms with van der Waals surface area (Å²) in [6.07, 6.45) is 5.49. The summed E-state index contributed by atoms with van der Waals surface area (Å²) in [4.78, 5) is 63.0. The molecule has 0 saturated heterocycles. The molecule has 0 aliphatic carbocycles. The molecule has 0 saturated carbocycles. The molecule has 4 aromatic rings. The van der Waals surface area contributed by atoms with Crippen molar-refractivity contribution >= 4 is 137 Å². The van der Waals surface area contributed by atoms with Crippen LogP contribution < -0.4 is 66.6 Å². The van der Waals surface area contributed by atoms with Gasteiger partial charge in [-0.15, -0.1) is 49.6 Å². The number of aromatic nitrogens is 4. The van der Waals surface area contributed by atoms with Gasteiger partial charge in [0.15, 0.2) is 62.8 Å². The molecular weight excluding hydrogens is 1030 g/mol. The summed E-state index contributed by atoms with van der Waals surface area (Å²) >= 11 is 11.5. The number of carbonyl (C=O) groups excluding carboxylic acids is 3. The van der Waals surface area contributed by atoms with E-state index in [9.17, 15) is 19.5 Å². The highest BCUT2D eigenvalue weighted by atomic mass is 35.5. The van der Waals surface area contributed by atoms with Crippen LogP contribution in [0, 0.1) is 0 Å². The maximum atomic E-state index is 12.2. The lowest BCUT2D eigenvalue weighted by atomic mass is 10.1. The van der Waals surface area contributed by atoms with Gasteiger partial charge in [0.25, 0.3) is 11.8 Å².